The van der Waals surface area contributed by atoms with E-state index in [0.717, 1.165) is 35.2 Å². The van der Waals surface area contributed by atoms with Crippen LogP contribution in [0.15, 0.2) is 53.3 Å². The second-order valence-electron chi connectivity index (χ2n) is 7.22. The van der Waals surface area contributed by atoms with E-state index in [-0.39, 0.29) is 17.3 Å². The standard InChI is InChI=1S/C22H22FN3O2/c1-15-12-17-13-16(2-7-20(17)24-22(15)28)14-21(27)26-10-8-25(9-11-26)19-5-3-18(23)4-6-19/h2-7,12-13H,8-11,14H2,1H3,(H,24,28). The Bertz CT molecular complexity index is 1070. The highest BCUT2D eigenvalue weighted by atomic mass is 19.1. The number of piperazine rings is 1. The Morgan fingerprint density at radius 2 is 1.75 bits per heavy atom. The number of aryl methyl sites for hydroxylation is 1. The third-order valence-corrected chi connectivity index (χ3v) is 5.27. The summed E-state index contributed by atoms with van der Waals surface area (Å²) in [5.74, 6) is -0.147. The van der Waals surface area contributed by atoms with Gasteiger partial charge in [-0.05, 0) is 60.3 Å². The molecule has 1 saturated heterocycles. The molecule has 0 atom stereocenters. The Hall–Kier alpha value is -3.15. The molecule has 144 valence electrons. The number of anilines is 1. The molecule has 1 N–H and O–H groups in total. The maximum atomic E-state index is 13.1. The summed E-state index contributed by atoms with van der Waals surface area (Å²) in [6.45, 7) is 4.54. The molecule has 0 radical (unpaired) electrons. The number of carbonyl (C=O) groups is 1. The lowest BCUT2D eigenvalue weighted by Crippen LogP contribution is -2.49. The van der Waals surface area contributed by atoms with Crippen molar-refractivity contribution in [2.75, 3.05) is 31.1 Å². The highest BCUT2D eigenvalue weighted by Gasteiger charge is 2.21. The summed E-state index contributed by atoms with van der Waals surface area (Å²) >= 11 is 0. The molecule has 0 unspecified atom stereocenters. The summed E-state index contributed by atoms with van der Waals surface area (Å²) in [5.41, 5.74) is 3.26. The topological polar surface area (TPSA) is 56.4 Å². The van der Waals surface area contributed by atoms with Gasteiger partial charge in [-0.25, -0.2) is 4.39 Å². The van der Waals surface area contributed by atoms with Crippen LogP contribution in [0.4, 0.5) is 10.1 Å². The molecule has 3 aromatic rings. The minimum Gasteiger partial charge on any atom is -0.368 e. The van der Waals surface area contributed by atoms with Gasteiger partial charge in [-0.1, -0.05) is 6.07 Å². The Kier molecular flexibility index (Phi) is 4.86. The van der Waals surface area contributed by atoms with Crippen molar-refractivity contribution in [2.45, 2.75) is 13.3 Å². The molecule has 1 fully saturated rings. The van der Waals surface area contributed by atoms with Crippen molar-refractivity contribution in [1.29, 1.82) is 0 Å². The number of aromatic nitrogens is 1. The Balaban J connectivity index is 1.40. The molecule has 0 saturated carbocycles. The maximum Gasteiger partial charge on any atom is 0.251 e. The van der Waals surface area contributed by atoms with Gasteiger partial charge in [0.25, 0.3) is 5.56 Å². The van der Waals surface area contributed by atoms with Crippen LogP contribution in [0.25, 0.3) is 10.9 Å². The van der Waals surface area contributed by atoms with Crippen LogP contribution in [-0.4, -0.2) is 42.0 Å². The van der Waals surface area contributed by atoms with Gasteiger partial charge in [0.15, 0.2) is 0 Å². The minimum atomic E-state index is -0.243. The number of nitrogens with one attached hydrogen (secondary N) is 1. The molecule has 4 rings (SSSR count). The number of aromatic amines is 1. The van der Waals surface area contributed by atoms with Gasteiger partial charge in [-0.2, -0.15) is 0 Å². The lowest BCUT2D eigenvalue weighted by molar-refractivity contribution is -0.130. The molecule has 1 amide bonds. The van der Waals surface area contributed by atoms with E-state index in [9.17, 15) is 14.0 Å². The normalized spacial score (nSPS) is 14.5. The van der Waals surface area contributed by atoms with E-state index in [2.05, 4.69) is 9.88 Å². The van der Waals surface area contributed by atoms with E-state index in [1.165, 1.54) is 12.1 Å². The number of fused-ring (bicyclic) bond motifs is 1. The van der Waals surface area contributed by atoms with E-state index >= 15 is 0 Å². The highest BCUT2D eigenvalue weighted by molar-refractivity contribution is 5.83. The fraction of sp³-hybridized carbons (Fsp3) is 0.273. The van der Waals surface area contributed by atoms with Crippen LogP contribution in [-0.2, 0) is 11.2 Å². The largest absolute Gasteiger partial charge is 0.368 e. The summed E-state index contributed by atoms with van der Waals surface area (Å²) in [7, 11) is 0. The predicted octanol–water partition coefficient (Wildman–Crippen LogP) is 2.87. The molecule has 28 heavy (non-hydrogen) atoms. The fourth-order valence-electron chi connectivity index (χ4n) is 3.63. The number of amides is 1. The number of carbonyl (C=O) groups excluding carboxylic acids is 1. The minimum absolute atomic E-state index is 0.0876. The van der Waals surface area contributed by atoms with Crippen LogP contribution in [0.1, 0.15) is 11.1 Å². The first kappa shape index (κ1) is 18.2. The molecule has 2 aromatic carbocycles. The lowest BCUT2D eigenvalue weighted by atomic mass is 10.1. The van der Waals surface area contributed by atoms with Crippen LogP contribution in [0, 0.1) is 12.7 Å². The molecule has 1 aromatic heterocycles. The molecule has 1 aliphatic rings. The molecule has 0 spiro atoms. The molecule has 6 heteroatoms. The molecule has 2 heterocycles. The van der Waals surface area contributed by atoms with Crippen LogP contribution < -0.4 is 10.5 Å². The number of benzene rings is 2. The van der Waals surface area contributed by atoms with E-state index in [0.29, 0.717) is 25.1 Å². The number of pyridine rings is 1. The molecular weight excluding hydrogens is 357 g/mol. The summed E-state index contributed by atoms with van der Waals surface area (Å²) in [4.78, 5) is 31.3. The molecule has 0 aliphatic carbocycles. The summed E-state index contributed by atoms with van der Waals surface area (Å²) in [6, 6.07) is 14.0. The highest BCUT2D eigenvalue weighted by Crippen LogP contribution is 2.18. The quantitative estimate of drug-likeness (QED) is 0.761. The number of nitrogens with zero attached hydrogens (tertiary/aromatic N) is 2. The van der Waals surface area contributed by atoms with E-state index in [4.69, 9.17) is 0 Å². The number of hydrogen-bond donors (Lipinski definition) is 1. The molecule has 1 aliphatic heterocycles. The van der Waals surface area contributed by atoms with Gasteiger partial charge in [0.1, 0.15) is 5.82 Å². The third kappa shape index (κ3) is 3.76. The molecular formula is C22H22FN3O2. The van der Waals surface area contributed by atoms with Gasteiger partial charge >= 0.3 is 0 Å². The van der Waals surface area contributed by atoms with Crippen molar-refractivity contribution in [3.05, 3.63) is 75.8 Å². The maximum absolute atomic E-state index is 13.1. The van der Waals surface area contributed by atoms with Crippen molar-refractivity contribution in [2.24, 2.45) is 0 Å². The predicted molar refractivity (Wildman–Crippen MR) is 108 cm³/mol. The zero-order valence-electron chi connectivity index (χ0n) is 15.7. The summed E-state index contributed by atoms with van der Waals surface area (Å²) in [6.07, 6.45) is 0.338. The monoisotopic (exact) mass is 379 g/mol. The summed E-state index contributed by atoms with van der Waals surface area (Å²) < 4.78 is 13.1. The molecule has 5 nitrogen and oxygen atoms in total. The average molecular weight is 379 g/mol. The van der Waals surface area contributed by atoms with Crippen LogP contribution >= 0.6 is 0 Å². The average Bonchev–Trinajstić information content (AvgIpc) is 2.70. The Labute approximate surface area is 162 Å². The zero-order chi connectivity index (χ0) is 19.7. The first-order chi connectivity index (χ1) is 13.5. The van der Waals surface area contributed by atoms with E-state index in [1.807, 2.05) is 29.2 Å². The zero-order valence-corrected chi connectivity index (χ0v) is 15.7. The molecule has 0 bridgehead atoms. The van der Waals surface area contributed by atoms with Gasteiger partial charge in [-0.15, -0.1) is 0 Å². The first-order valence-corrected chi connectivity index (χ1v) is 9.40. The van der Waals surface area contributed by atoms with Gasteiger partial charge in [0.2, 0.25) is 5.91 Å². The second-order valence-corrected chi connectivity index (χ2v) is 7.22. The van der Waals surface area contributed by atoms with Crippen LogP contribution in [0.2, 0.25) is 0 Å². The van der Waals surface area contributed by atoms with Gasteiger partial charge in [0, 0.05) is 42.9 Å². The second kappa shape index (κ2) is 7.46. The van der Waals surface area contributed by atoms with Crippen molar-refractivity contribution >= 4 is 22.5 Å². The van der Waals surface area contributed by atoms with Crippen LogP contribution in [0.3, 0.4) is 0 Å². The lowest BCUT2D eigenvalue weighted by Gasteiger charge is -2.36. The Morgan fingerprint density at radius 3 is 2.46 bits per heavy atom. The summed E-state index contributed by atoms with van der Waals surface area (Å²) in [5, 5.41) is 0.934. The van der Waals surface area contributed by atoms with Crippen molar-refractivity contribution in [3.8, 4) is 0 Å². The van der Waals surface area contributed by atoms with Crippen LogP contribution in [0.5, 0.6) is 0 Å². The number of hydrogen-bond acceptors (Lipinski definition) is 3. The van der Waals surface area contributed by atoms with E-state index in [1.54, 1.807) is 19.1 Å². The van der Waals surface area contributed by atoms with Crippen molar-refractivity contribution < 1.29 is 9.18 Å². The SMILES string of the molecule is Cc1cc2cc(CC(=O)N3CCN(c4ccc(F)cc4)CC3)ccc2[nH]c1=O. The van der Waals surface area contributed by atoms with E-state index < -0.39 is 0 Å². The Morgan fingerprint density at radius 1 is 1.04 bits per heavy atom. The van der Waals surface area contributed by atoms with Crippen molar-refractivity contribution in [3.63, 3.8) is 0 Å². The smallest absolute Gasteiger partial charge is 0.251 e. The number of halogens is 1. The van der Waals surface area contributed by atoms with Crippen molar-refractivity contribution in [1.82, 2.24) is 9.88 Å². The fourth-order valence-corrected chi connectivity index (χ4v) is 3.63. The third-order valence-electron chi connectivity index (χ3n) is 5.27. The number of rotatable bonds is 3. The van der Waals surface area contributed by atoms with Gasteiger partial charge in [0.05, 0.1) is 6.42 Å². The first-order valence-electron chi connectivity index (χ1n) is 9.40. The number of H-pyrrole nitrogens is 1. The van der Waals surface area contributed by atoms with Gasteiger partial charge in [-0.3, -0.25) is 9.59 Å². The van der Waals surface area contributed by atoms with Gasteiger partial charge < -0.3 is 14.8 Å².